The van der Waals surface area contributed by atoms with Crippen molar-refractivity contribution >= 4 is 11.8 Å². The minimum atomic E-state index is -1.00. The molecule has 1 aromatic carbocycles. The van der Waals surface area contributed by atoms with Crippen LogP contribution in [0.1, 0.15) is 45.8 Å². The maximum absolute atomic E-state index is 14.0. The van der Waals surface area contributed by atoms with Gasteiger partial charge in [0, 0.05) is 24.4 Å². The molecule has 2 unspecified atom stereocenters. The fourth-order valence-electron chi connectivity index (χ4n) is 3.76. The summed E-state index contributed by atoms with van der Waals surface area (Å²) in [6.45, 7) is 2.54. The Morgan fingerprint density at radius 2 is 2.10 bits per heavy atom. The average Bonchev–Trinajstić information content (AvgIpc) is 2.70. The van der Waals surface area contributed by atoms with Crippen LogP contribution in [-0.2, 0) is 11.3 Å². The Morgan fingerprint density at radius 3 is 2.83 bits per heavy atom. The summed E-state index contributed by atoms with van der Waals surface area (Å²) < 4.78 is 34.0. The number of nitrogens with one attached hydrogen (secondary N) is 1. The van der Waals surface area contributed by atoms with Gasteiger partial charge < -0.3 is 24.6 Å². The summed E-state index contributed by atoms with van der Waals surface area (Å²) in [6.07, 6.45) is 1.28. The predicted molar refractivity (Wildman–Crippen MR) is 100.0 cm³/mol. The summed E-state index contributed by atoms with van der Waals surface area (Å²) in [4.78, 5) is 39.4. The summed E-state index contributed by atoms with van der Waals surface area (Å²) in [5.41, 5.74) is -1.57. The van der Waals surface area contributed by atoms with Crippen LogP contribution in [0.4, 0.5) is 8.78 Å². The molecule has 3 heterocycles. The molecule has 30 heavy (non-hydrogen) atoms. The first-order chi connectivity index (χ1) is 14.3. The second-order valence-electron chi connectivity index (χ2n) is 7.26. The van der Waals surface area contributed by atoms with E-state index in [1.807, 2.05) is 0 Å². The van der Waals surface area contributed by atoms with Crippen molar-refractivity contribution in [2.24, 2.45) is 0 Å². The first-order valence-electron chi connectivity index (χ1n) is 9.42. The second kappa shape index (κ2) is 7.52. The number of fused-ring (bicyclic) bond motifs is 2. The third-order valence-corrected chi connectivity index (χ3v) is 5.29. The lowest BCUT2D eigenvalue weighted by atomic mass is 10.1. The number of aromatic nitrogens is 1. The molecular formula is C20H19F2N3O5. The number of carbonyl (C=O) groups is 2. The van der Waals surface area contributed by atoms with Gasteiger partial charge in [0.25, 0.3) is 11.8 Å². The predicted octanol–water partition coefficient (Wildman–Crippen LogP) is 1.53. The first kappa shape index (κ1) is 20.0. The van der Waals surface area contributed by atoms with Crippen molar-refractivity contribution in [3.05, 3.63) is 63.1 Å². The van der Waals surface area contributed by atoms with Crippen LogP contribution < -0.4 is 10.7 Å². The molecule has 0 spiro atoms. The number of amides is 2. The van der Waals surface area contributed by atoms with E-state index >= 15 is 0 Å². The highest BCUT2D eigenvalue weighted by Crippen LogP contribution is 2.26. The zero-order valence-electron chi connectivity index (χ0n) is 16.0. The van der Waals surface area contributed by atoms with Gasteiger partial charge in [-0.3, -0.25) is 14.4 Å². The van der Waals surface area contributed by atoms with Crippen LogP contribution in [-0.4, -0.2) is 45.8 Å². The lowest BCUT2D eigenvalue weighted by molar-refractivity contribution is -0.0920. The fourth-order valence-corrected chi connectivity index (χ4v) is 3.76. The number of aromatic hydroxyl groups is 1. The molecule has 158 valence electrons. The van der Waals surface area contributed by atoms with E-state index in [1.54, 1.807) is 0 Å². The Morgan fingerprint density at radius 1 is 1.33 bits per heavy atom. The minimum absolute atomic E-state index is 0.0356. The summed E-state index contributed by atoms with van der Waals surface area (Å²) in [5.74, 6) is -3.82. The third-order valence-electron chi connectivity index (χ3n) is 5.29. The van der Waals surface area contributed by atoms with Crippen molar-refractivity contribution < 1.29 is 28.2 Å². The Balaban J connectivity index is 1.65. The largest absolute Gasteiger partial charge is 0.503 e. The Kier molecular flexibility index (Phi) is 5.02. The van der Waals surface area contributed by atoms with Gasteiger partial charge in [-0.05, 0) is 19.4 Å². The van der Waals surface area contributed by atoms with Gasteiger partial charge in [0.1, 0.15) is 17.2 Å². The summed E-state index contributed by atoms with van der Waals surface area (Å²) >= 11 is 0. The maximum Gasteiger partial charge on any atom is 0.276 e. The third kappa shape index (κ3) is 3.32. The average molecular weight is 419 g/mol. The molecule has 2 atom stereocenters. The molecule has 2 amide bonds. The summed E-state index contributed by atoms with van der Waals surface area (Å²) in [5, 5.41) is 12.8. The van der Waals surface area contributed by atoms with Gasteiger partial charge in [-0.2, -0.15) is 0 Å². The molecule has 4 rings (SSSR count). The number of halogens is 2. The molecular weight excluding hydrogens is 400 g/mol. The van der Waals surface area contributed by atoms with Crippen LogP contribution in [0.3, 0.4) is 0 Å². The number of hydrogen-bond acceptors (Lipinski definition) is 5. The van der Waals surface area contributed by atoms with Crippen LogP contribution in [0.25, 0.3) is 0 Å². The number of rotatable bonds is 3. The number of hydrogen-bond donors (Lipinski definition) is 2. The molecule has 2 aliphatic rings. The Bertz CT molecular complexity index is 1100. The smallest absolute Gasteiger partial charge is 0.276 e. The monoisotopic (exact) mass is 419 g/mol. The van der Waals surface area contributed by atoms with Crippen LogP contribution >= 0.6 is 0 Å². The molecule has 2 aliphatic heterocycles. The molecule has 2 aromatic rings. The van der Waals surface area contributed by atoms with Crippen LogP contribution in [0.2, 0.25) is 0 Å². The van der Waals surface area contributed by atoms with E-state index in [4.69, 9.17) is 4.74 Å². The number of carbonyl (C=O) groups excluding carboxylic acids is 2. The zero-order chi connectivity index (χ0) is 21.6. The van der Waals surface area contributed by atoms with Crippen LogP contribution in [0.5, 0.6) is 5.75 Å². The van der Waals surface area contributed by atoms with Crippen LogP contribution in [0.15, 0.2) is 29.2 Å². The van der Waals surface area contributed by atoms with Gasteiger partial charge in [0.05, 0.1) is 19.2 Å². The van der Waals surface area contributed by atoms with Crippen molar-refractivity contribution in [2.75, 3.05) is 13.2 Å². The number of nitrogens with zero attached hydrogens (tertiary/aromatic N) is 2. The highest BCUT2D eigenvalue weighted by Gasteiger charge is 2.38. The molecule has 10 heteroatoms. The van der Waals surface area contributed by atoms with Gasteiger partial charge >= 0.3 is 0 Å². The van der Waals surface area contributed by atoms with Crippen LogP contribution in [0, 0.1) is 11.6 Å². The van der Waals surface area contributed by atoms with Gasteiger partial charge in [0.2, 0.25) is 5.43 Å². The van der Waals surface area contributed by atoms with E-state index in [0.29, 0.717) is 25.6 Å². The minimum Gasteiger partial charge on any atom is -0.503 e. The molecule has 1 saturated heterocycles. The van der Waals surface area contributed by atoms with Gasteiger partial charge in [0.15, 0.2) is 17.7 Å². The molecule has 0 aliphatic carbocycles. The molecule has 8 nitrogen and oxygen atoms in total. The lowest BCUT2D eigenvalue weighted by Gasteiger charge is -2.40. The van der Waals surface area contributed by atoms with E-state index in [2.05, 4.69) is 5.32 Å². The first-order valence-corrected chi connectivity index (χ1v) is 9.42. The van der Waals surface area contributed by atoms with Crippen molar-refractivity contribution in [3.63, 3.8) is 0 Å². The molecule has 2 N–H and O–H groups in total. The number of pyridine rings is 1. The molecule has 1 fully saturated rings. The highest BCUT2D eigenvalue weighted by atomic mass is 19.1. The van der Waals surface area contributed by atoms with Gasteiger partial charge in [-0.25, -0.2) is 8.78 Å². The molecule has 0 bridgehead atoms. The highest BCUT2D eigenvalue weighted by molar-refractivity contribution is 5.99. The molecule has 0 saturated carbocycles. The summed E-state index contributed by atoms with van der Waals surface area (Å²) in [6, 6.07) is 2.07. The fraction of sp³-hybridized carbons (Fsp3) is 0.350. The van der Waals surface area contributed by atoms with E-state index < -0.39 is 52.5 Å². The lowest BCUT2D eigenvalue weighted by Crippen LogP contribution is -2.53. The molecule has 1 aromatic heterocycles. The van der Waals surface area contributed by atoms with E-state index in [9.17, 15) is 28.3 Å². The van der Waals surface area contributed by atoms with Gasteiger partial charge in [-0.15, -0.1) is 0 Å². The van der Waals surface area contributed by atoms with Crippen molar-refractivity contribution in [3.8, 4) is 5.75 Å². The summed E-state index contributed by atoms with van der Waals surface area (Å²) in [7, 11) is 0. The number of benzene rings is 1. The van der Waals surface area contributed by atoms with Crippen molar-refractivity contribution in [1.29, 1.82) is 0 Å². The zero-order valence-corrected chi connectivity index (χ0v) is 16.0. The Hall–Kier alpha value is -3.27. The van der Waals surface area contributed by atoms with E-state index in [1.165, 1.54) is 28.7 Å². The quantitative estimate of drug-likeness (QED) is 0.786. The van der Waals surface area contributed by atoms with Gasteiger partial charge in [-0.1, -0.05) is 6.07 Å². The van der Waals surface area contributed by atoms with Crippen molar-refractivity contribution in [2.45, 2.75) is 32.2 Å². The number of ether oxygens (including phenoxy) is 1. The SMILES string of the molecule is CC(NC(=O)c1cn2c(c(O)c1=O)C(=O)N1CCCOC1C2)c1ccc(F)cc1F. The van der Waals surface area contributed by atoms with E-state index in [-0.39, 0.29) is 17.8 Å². The molecule has 0 radical (unpaired) electrons. The topological polar surface area (TPSA) is 101 Å². The standard InChI is InChI=1S/C20H19F2N3O5/c1-10(12-4-3-11(21)7-14(12)22)23-19(28)13-8-24-9-15-25(5-2-6-30-15)20(29)16(24)18(27)17(13)26/h3-4,7-8,10,15,27H,2,5-6,9H2,1H3,(H,23,28). The van der Waals surface area contributed by atoms with Crippen molar-refractivity contribution in [1.82, 2.24) is 14.8 Å². The normalized spacial score (nSPS) is 19.1. The Labute approximate surface area is 169 Å². The second-order valence-corrected chi connectivity index (χ2v) is 7.26. The maximum atomic E-state index is 14.0. The van der Waals surface area contributed by atoms with E-state index in [0.717, 1.165) is 6.07 Å².